The number of aryl methyl sites for hydroxylation is 2. The maximum Gasteiger partial charge on any atom is 0.0868 e. The van der Waals surface area contributed by atoms with Crippen LogP contribution in [0.3, 0.4) is 0 Å². The number of nitrogens with zero attached hydrogens (tertiary/aromatic N) is 2. The van der Waals surface area contributed by atoms with E-state index in [-0.39, 0.29) is 0 Å². The quantitative estimate of drug-likeness (QED) is 0.884. The second-order valence-electron chi connectivity index (χ2n) is 3.89. The highest BCUT2D eigenvalue weighted by Crippen LogP contribution is 2.23. The van der Waals surface area contributed by atoms with Gasteiger partial charge in [-0.3, -0.25) is 4.68 Å². The Morgan fingerprint density at radius 2 is 2.19 bits per heavy atom. The molecule has 2 aromatic rings. The van der Waals surface area contributed by atoms with E-state index in [1.54, 1.807) is 22.2 Å². The molecule has 0 aliphatic rings. The fourth-order valence-corrected chi connectivity index (χ4v) is 2.64. The first-order chi connectivity index (χ1) is 7.69. The Bertz CT molecular complexity index is 461. The van der Waals surface area contributed by atoms with Crippen molar-refractivity contribution in [3.63, 3.8) is 0 Å². The summed E-state index contributed by atoms with van der Waals surface area (Å²) in [7, 11) is 1.86. The first-order valence-electron chi connectivity index (χ1n) is 5.43. The number of rotatable bonds is 4. The van der Waals surface area contributed by atoms with E-state index in [2.05, 4.69) is 24.2 Å². The Morgan fingerprint density at radius 1 is 1.44 bits per heavy atom. The number of aliphatic hydroxyl groups excluding tert-OH is 1. The van der Waals surface area contributed by atoms with Crippen molar-refractivity contribution in [2.75, 3.05) is 0 Å². The highest BCUT2D eigenvalue weighted by Gasteiger charge is 2.11. The number of aromatic nitrogens is 2. The molecule has 2 aromatic heterocycles. The third-order valence-electron chi connectivity index (χ3n) is 2.57. The Balaban J connectivity index is 2.04. The van der Waals surface area contributed by atoms with E-state index in [1.165, 1.54) is 9.75 Å². The van der Waals surface area contributed by atoms with Crippen molar-refractivity contribution in [1.82, 2.24) is 9.78 Å². The van der Waals surface area contributed by atoms with E-state index in [9.17, 15) is 5.11 Å². The second kappa shape index (κ2) is 4.80. The van der Waals surface area contributed by atoms with E-state index in [0.29, 0.717) is 6.42 Å². The summed E-state index contributed by atoms with van der Waals surface area (Å²) >= 11 is 1.78. The van der Waals surface area contributed by atoms with Gasteiger partial charge in [0.2, 0.25) is 0 Å². The van der Waals surface area contributed by atoms with Crippen LogP contribution in [0.1, 0.15) is 28.3 Å². The number of thiophene rings is 1. The van der Waals surface area contributed by atoms with Crippen LogP contribution in [0, 0.1) is 0 Å². The van der Waals surface area contributed by atoms with Gasteiger partial charge in [0.15, 0.2) is 0 Å². The van der Waals surface area contributed by atoms with Gasteiger partial charge in [0.1, 0.15) is 0 Å². The standard InChI is InChI=1S/C12H16N2OS/c1-3-10-4-5-11(16-10)6-12(15)9-7-13-14(2)8-9/h4-5,7-8,12,15H,3,6H2,1-2H3. The first-order valence-corrected chi connectivity index (χ1v) is 6.25. The summed E-state index contributed by atoms with van der Waals surface area (Å²) in [6, 6.07) is 4.24. The lowest BCUT2D eigenvalue weighted by Gasteiger charge is -2.05. The van der Waals surface area contributed by atoms with E-state index in [1.807, 2.05) is 13.2 Å². The van der Waals surface area contributed by atoms with Crippen LogP contribution in [0.4, 0.5) is 0 Å². The maximum absolute atomic E-state index is 10.0. The summed E-state index contributed by atoms with van der Waals surface area (Å²) in [5.41, 5.74) is 0.883. The van der Waals surface area contributed by atoms with E-state index < -0.39 is 6.10 Å². The molecule has 0 bridgehead atoms. The fourth-order valence-electron chi connectivity index (χ4n) is 1.64. The third-order valence-corrected chi connectivity index (χ3v) is 3.82. The van der Waals surface area contributed by atoms with Crippen LogP contribution in [-0.4, -0.2) is 14.9 Å². The number of hydrogen-bond donors (Lipinski definition) is 1. The third kappa shape index (κ3) is 2.51. The SMILES string of the molecule is CCc1ccc(CC(O)c2cnn(C)c2)s1. The Kier molecular flexibility index (Phi) is 3.41. The summed E-state index contributed by atoms with van der Waals surface area (Å²) in [6.07, 6.45) is 4.87. The van der Waals surface area contributed by atoms with Crippen LogP contribution in [0.5, 0.6) is 0 Å². The lowest BCUT2D eigenvalue weighted by atomic mass is 10.1. The van der Waals surface area contributed by atoms with Gasteiger partial charge in [-0.25, -0.2) is 0 Å². The van der Waals surface area contributed by atoms with Crippen molar-refractivity contribution in [1.29, 1.82) is 0 Å². The molecule has 2 heterocycles. The van der Waals surface area contributed by atoms with Crippen LogP contribution in [0.15, 0.2) is 24.5 Å². The average molecular weight is 236 g/mol. The molecule has 1 unspecified atom stereocenters. The first kappa shape index (κ1) is 11.4. The van der Waals surface area contributed by atoms with Crippen LogP contribution in [0.25, 0.3) is 0 Å². The monoisotopic (exact) mass is 236 g/mol. The molecule has 1 atom stereocenters. The zero-order valence-electron chi connectivity index (χ0n) is 9.55. The Morgan fingerprint density at radius 3 is 2.75 bits per heavy atom. The summed E-state index contributed by atoms with van der Waals surface area (Å²) in [5.74, 6) is 0. The van der Waals surface area contributed by atoms with Gasteiger partial charge < -0.3 is 5.11 Å². The van der Waals surface area contributed by atoms with E-state index in [0.717, 1.165) is 12.0 Å². The van der Waals surface area contributed by atoms with Crippen LogP contribution < -0.4 is 0 Å². The second-order valence-corrected chi connectivity index (χ2v) is 5.14. The zero-order valence-corrected chi connectivity index (χ0v) is 10.4. The van der Waals surface area contributed by atoms with Crippen molar-refractivity contribution in [2.24, 2.45) is 7.05 Å². The molecule has 0 saturated heterocycles. The van der Waals surface area contributed by atoms with E-state index in [4.69, 9.17) is 0 Å². The molecule has 0 spiro atoms. The molecule has 3 nitrogen and oxygen atoms in total. The molecule has 1 N–H and O–H groups in total. The van der Waals surface area contributed by atoms with Crippen LogP contribution in [-0.2, 0) is 19.9 Å². The van der Waals surface area contributed by atoms with Crippen molar-refractivity contribution in [2.45, 2.75) is 25.9 Å². The minimum Gasteiger partial charge on any atom is -0.388 e. The Hall–Kier alpha value is -1.13. The largest absolute Gasteiger partial charge is 0.388 e. The van der Waals surface area contributed by atoms with Crippen molar-refractivity contribution in [3.05, 3.63) is 39.8 Å². The fraction of sp³-hybridized carbons (Fsp3) is 0.417. The van der Waals surface area contributed by atoms with E-state index >= 15 is 0 Å². The van der Waals surface area contributed by atoms with Gasteiger partial charge in [-0.2, -0.15) is 5.10 Å². The topological polar surface area (TPSA) is 38.1 Å². The number of hydrogen-bond acceptors (Lipinski definition) is 3. The molecule has 0 aliphatic carbocycles. The molecular weight excluding hydrogens is 220 g/mol. The predicted octanol–water partition coefficient (Wildman–Crippen LogP) is 2.32. The van der Waals surface area contributed by atoms with Crippen molar-refractivity contribution < 1.29 is 5.11 Å². The molecule has 0 aliphatic heterocycles. The molecule has 0 aromatic carbocycles. The molecule has 0 amide bonds. The molecule has 0 fully saturated rings. The molecule has 4 heteroatoms. The smallest absolute Gasteiger partial charge is 0.0868 e. The normalized spacial score (nSPS) is 12.9. The molecule has 2 rings (SSSR count). The predicted molar refractivity (Wildman–Crippen MR) is 65.6 cm³/mol. The van der Waals surface area contributed by atoms with Crippen molar-refractivity contribution >= 4 is 11.3 Å². The lowest BCUT2D eigenvalue weighted by Crippen LogP contribution is -1.99. The summed E-state index contributed by atoms with van der Waals surface area (Å²) in [5, 5.41) is 14.1. The van der Waals surface area contributed by atoms with Gasteiger partial charge in [0, 0.05) is 35.0 Å². The highest BCUT2D eigenvalue weighted by atomic mass is 32.1. The molecule has 86 valence electrons. The molecule has 0 saturated carbocycles. The number of aliphatic hydroxyl groups is 1. The summed E-state index contributed by atoms with van der Waals surface area (Å²) in [6.45, 7) is 2.15. The lowest BCUT2D eigenvalue weighted by molar-refractivity contribution is 0.179. The van der Waals surface area contributed by atoms with Crippen LogP contribution in [0.2, 0.25) is 0 Å². The highest BCUT2D eigenvalue weighted by molar-refractivity contribution is 7.11. The zero-order chi connectivity index (χ0) is 11.5. The maximum atomic E-state index is 10.0. The molecular formula is C12H16N2OS. The summed E-state index contributed by atoms with van der Waals surface area (Å²) in [4.78, 5) is 2.60. The molecule has 0 radical (unpaired) electrons. The average Bonchev–Trinajstić information content (AvgIpc) is 2.87. The van der Waals surface area contributed by atoms with Gasteiger partial charge >= 0.3 is 0 Å². The Labute approximate surface area is 99.4 Å². The van der Waals surface area contributed by atoms with Gasteiger partial charge in [-0.05, 0) is 18.6 Å². The van der Waals surface area contributed by atoms with Gasteiger partial charge in [0.05, 0.1) is 12.3 Å². The minimum absolute atomic E-state index is 0.447. The van der Waals surface area contributed by atoms with Crippen LogP contribution >= 0.6 is 11.3 Å². The minimum atomic E-state index is -0.447. The van der Waals surface area contributed by atoms with Crippen molar-refractivity contribution in [3.8, 4) is 0 Å². The van der Waals surface area contributed by atoms with Gasteiger partial charge in [-0.1, -0.05) is 6.92 Å². The molecule has 16 heavy (non-hydrogen) atoms. The summed E-state index contributed by atoms with van der Waals surface area (Å²) < 4.78 is 1.71. The van der Waals surface area contributed by atoms with Gasteiger partial charge in [-0.15, -0.1) is 11.3 Å². The van der Waals surface area contributed by atoms with Gasteiger partial charge in [0.25, 0.3) is 0 Å².